The average molecular weight is 489 g/mol. The molecule has 0 N–H and O–H groups in total. The quantitative estimate of drug-likeness (QED) is 0.450. The summed E-state index contributed by atoms with van der Waals surface area (Å²) in [5.41, 5.74) is -4.77. The lowest BCUT2D eigenvalue weighted by atomic mass is 10.0. The summed E-state index contributed by atoms with van der Waals surface area (Å²) >= 11 is 0. The van der Waals surface area contributed by atoms with Crippen LogP contribution in [0.15, 0.2) is 30.6 Å². The minimum atomic E-state index is -4.92. The fourth-order valence-corrected chi connectivity index (χ4v) is 3.35. The van der Waals surface area contributed by atoms with Crippen LogP contribution >= 0.6 is 0 Å². The predicted octanol–water partition coefficient (Wildman–Crippen LogP) is 4.46. The second-order valence-corrected chi connectivity index (χ2v) is 8.92. The monoisotopic (exact) mass is 489 g/mol. The van der Waals surface area contributed by atoms with Crippen LogP contribution in [0.25, 0.3) is 0 Å². The maximum absolute atomic E-state index is 13.4. The van der Waals surface area contributed by atoms with Gasteiger partial charge in [-0.1, -0.05) is 6.92 Å². The smallest absolute Gasteiger partial charge is 0.419 e. The molecule has 0 saturated carbocycles. The number of ether oxygens (including phenoxy) is 1. The van der Waals surface area contributed by atoms with Gasteiger partial charge in [0, 0.05) is 0 Å². The fraction of sp³-hybridized carbons (Fsp3) is 0.391. The highest BCUT2D eigenvalue weighted by atomic mass is 19.4. The molecule has 3 amide bonds. The van der Waals surface area contributed by atoms with Crippen LogP contribution in [0.2, 0.25) is 0 Å². The van der Waals surface area contributed by atoms with E-state index in [0.29, 0.717) is 17.4 Å². The van der Waals surface area contributed by atoms with Gasteiger partial charge in [0.1, 0.15) is 22.9 Å². The van der Waals surface area contributed by atoms with Gasteiger partial charge in [0.2, 0.25) is 0 Å². The summed E-state index contributed by atoms with van der Waals surface area (Å²) in [4.78, 5) is 47.8. The molecule has 1 aliphatic rings. The number of urea groups is 1. The van der Waals surface area contributed by atoms with E-state index in [1.54, 1.807) is 13.8 Å². The number of alkyl halides is 3. The van der Waals surface area contributed by atoms with Crippen LogP contribution in [-0.4, -0.2) is 39.0 Å². The van der Waals surface area contributed by atoms with E-state index in [-0.39, 0.29) is 11.4 Å². The summed E-state index contributed by atoms with van der Waals surface area (Å²) in [6.07, 6.45) is -2.29. The van der Waals surface area contributed by atoms with Crippen molar-refractivity contribution in [2.75, 3.05) is 9.80 Å². The molecule has 12 heteroatoms. The van der Waals surface area contributed by atoms with Crippen molar-refractivity contribution in [2.45, 2.75) is 58.4 Å². The van der Waals surface area contributed by atoms with Gasteiger partial charge >= 0.3 is 18.2 Å². The molecule has 1 saturated heterocycles. The highest BCUT2D eigenvalue weighted by Crippen LogP contribution is 2.38. The van der Waals surface area contributed by atoms with Gasteiger partial charge in [-0.05, 0) is 52.3 Å². The first-order valence-electron chi connectivity index (χ1n) is 10.5. The fourth-order valence-electron chi connectivity index (χ4n) is 3.35. The topological polar surface area (TPSA) is 116 Å². The number of carbonyl (C=O) groups excluding carboxylic acids is 3. The molecule has 0 atom stereocenters. The van der Waals surface area contributed by atoms with E-state index in [0.717, 1.165) is 11.1 Å². The summed E-state index contributed by atoms with van der Waals surface area (Å²) in [6.45, 7) is 8.18. The second-order valence-electron chi connectivity index (χ2n) is 8.92. The standard InChI is InChI=1S/C23H22F3N5O4/c1-6-21(2,3)35-18(32)16-8-7-13(11-28-16)31-20(34)30(19(33)22(31,4)5)14-9-15(23(24,25)26)17(10-27)29-12-14/h7-9,11-12H,6H2,1-5H3. The first-order chi connectivity index (χ1) is 16.1. The zero-order valence-electron chi connectivity index (χ0n) is 19.6. The van der Waals surface area contributed by atoms with Crippen molar-refractivity contribution in [3.05, 3.63) is 47.5 Å². The van der Waals surface area contributed by atoms with Crippen molar-refractivity contribution in [3.63, 3.8) is 0 Å². The maximum Gasteiger partial charge on any atom is 0.419 e. The summed E-state index contributed by atoms with van der Waals surface area (Å²) in [5.74, 6) is -1.48. The van der Waals surface area contributed by atoms with Gasteiger partial charge in [0.25, 0.3) is 5.91 Å². The van der Waals surface area contributed by atoms with Crippen molar-refractivity contribution in [3.8, 4) is 6.07 Å². The number of anilines is 2. The van der Waals surface area contributed by atoms with Crippen LogP contribution in [0, 0.1) is 11.3 Å². The largest absolute Gasteiger partial charge is 0.455 e. The Morgan fingerprint density at radius 2 is 1.77 bits per heavy atom. The van der Waals surface area contributed by atoms with Crippen molar-refractivity contribution in [2.24, 2.45) is 0 Å². The molecule has 1 fully saturated rings. The van der Waals surface area contributed by atoms with Crippen molar-refractivity contribution in [1.82, 2.24) is 9.97 Å². The molecule has 3 heterocycles. The number of halogens is 3. The minimum Gasteiger partial charge on any atom is -0.455 e. The first kappa shape index (κ1) is 25.6. The van der Waals surface area contributed by atoms with Gasteiger partial charge in [-0.15, -0.1) is 0 Å². The summed E-state index contributed by atoms with van der Waals surface area (Å²) < 4.78 is 45.5. The van der Waals surface area contributed by atoms with Crippen LogP contribution in [0.4, 0.5) is 29.3 Å². The zero-order valence-corrected chi connectivity index (χ0v) is 19.6. The second kappa shape index (κ2) is 8.65. The lowest BCUT2D eigenvalue weighted by Crippen LogP contribution is -2.44. The van der Waals surface area contributed by atoms with Crippen molar-refractivity contribution in [1.29, 1.82) is 5.26 Å². The van der Waals surface area contributed by atoms with Gasteiger partial charge in [0.05, 0.1) is 29.3 Å². The van der Waals surface area contributed by atoms with E-state index in [9.17, 15) is 27.6 Å². The van der Waals surface area contributed by atoms with E-state index in [4.69, 9.17) is 10.00 Å². The van der Waals surface area contributed by atoms with E-state index in [2.05, 4.69) is 9.97 Å². The van der Waals surface area contributed by atoms with Crippen molar-refractivity contribution < 1.29 is 32.3 Å². The van der Waals surface area contributed by atoms with Crippen LogP contribution in [0.1, 0.15) is 62.8 Å². The molecule has 0 radical (unpaired) electrons. The third kappa shape index (κ3) is 4.66. The molecular weight excluding hydrogens is 467 g/mol. The molecule has 0 unspecified atom stereocenters. The number of carbonyl (C=O) groups is 3. The molecule has 1 aliphatic heterocycles. The predicted molar refractivity (Wildman–Crippen MR) is 117 cm³/mol. The number of esters is 1. The Morgan fingerprint density at radius 1 is 1.14 bits per heavy atom. The van der Waals surface area contributed by atoms with Gasteiger partial charge in [-0.25, -0.2) is 24.5 Å². The molecule has 2 aromatic heterocycles. The molecule has 184 valence electrons. The highest BCUT2D eigenvalue weighted by Gasteiger charge is 2.53. The average Bonchev–Trinajstić information content (AvgIpc) is 2.96. The molecule has 0 spiro atoms. The Balaban J connectivity index is 1.97. The number of imide groups is 1. The maximum atomic E-state index is 13.4. The number of hydrogen-bond acceptors (Lipinski definition) is 7. The van der Waals surface area contributed by atoms with Gasteiger partial charge in [0.15, 0.2) is 5.69 Å². The van der Waals surface area contributed by atoms with Gasteiger partial charge in [-0.3, -0.25) is 9.69 Å². The highest BCUT2D eigenvalue weighted by molar-refractivity contribution is 6.30. The third-order valence-corrected chi connectivity index (χ3v) is 5.65. The Labute approximate surface area is 199 Å². The van der Waals surface area contributed by atoms with E-state index in [1.807, 2.05) is 6.92 Å². The summed E-state index contributed by atoms with van der Waals surface area (Å²) in [7, 11) is 0. The molecule has 2 aromatic rings. The minimum absolute atomic E-state index is 0.0194. The van der Waals surface area contributed by atoms with E-state index >= 15 is 0 Å². The molecule has 3 rings (SSSR count). The molecule has 0 aromatic carbocycles. The van der Waals surface area contributed by atoms with Crippen LogP contribution in [-0.2, 0) is 15.7 Å². The number of amides is 3. The normalized spacial score (nSPS) is 15.9. The van der Waals surface area contributed by atoms with Crippen LogP contribution < -0.4 is 9.80 Å². The Bertz CT molecular complexity index is 1230. The molecule has 0 aliphatic carbocycles. The third-order valence-electron chi connectivity index (χ3n) is 5.65. The molecule has 9 nitrogen and oxygen atoms in total. The Morgan fingerprint density at radius 3 is 2.29 bits per heavy atom. The summed E-state index contributed by atoms with van der Waals surface area (Å²) in [6, 6.07) is 3.65. The number of nitrogens with zero attached hydrogens (tertiary/aromatic N) is 5. The van der Waals surface area contributed by atoms with Crippen molar-refractivity contribution >= 4 is 29.3 Å². The Hall–Kier alpha value is -4.01. The number of aromatic nitrogens is 2. The zero-order chi connectivity index (χ0) is 26.3. The number of rotatable bonds is 5. The lowest BCUT2D eigenvalue weighted by Gasteiger charge is -2.27. The van der Waals surface area contributed by atoms with Crippen LogP contribution in [0.3, 0.4) is 0 Å². The molecule has 35 heavy (non-hydrogen) atoms. The first-order valence-corrected chi connectivity index (χ1v) is 10.5. The Kier molecular flexibility index (Phi) is 6.33. The number of nitriles is 1. The lowest BCUT2D eigenvalue weighted by molar-refractivity contribution is -0.138. The van der Waals surface area contributed by atoms with E-state index in [1.165, 1.54) is 38.2 Å². The molecular formula is C23H22F3N5O4. The van der Waals surface area contributed by atoms with E-state index < -0.39 is 52.2 Å². The van der Waals surface area contributed by atoms with Gasteiger partial charge < -0.3 is 4.74 Å². The molecule has 0 bridgehead atoms. The van der Waals surface area contributed by atoms with Gasteiger partial charge in [-0.2, -0.15) is 18.4 Å². The number of hydrogen-bond donors (Lipinski definition) is 0. The SMILES string of the molecule is CCC(C)(C)OC(=O)c1ccc(N2C(=O)N(c3cnc(C#N)c(C(F)(F)F)c3)C(=O)C2(C)C)cn1. The number of pyridine rings is 2. The summed E-state index contributed by atoms with van der Waals surface area (Å²) in [5, 5.41) is 8.95. The van der Waals surface area contributed by atoms with Crippen LogP contribution in [0.5, 0.6) is 0 Å².